The van der Waals surface area contributed by atoms with Crippen LogP contribution in [0.2, 0.25) is 0 Å². The number of hydrogen-bond donors (Lipinski definition) is 3. The van der Waals surface area contributed by atoms with Crippen LogP contribution in [0.4, 0.5) is 0 Å². The topological polar surface area (TPSA) is 60.7 Å². The standard InChI is InChI=1S/3C7H7O.Bi/c3*8-6-7-4-2-1-3-5-7;/h3*1-2,4-5,8H,6H2;. The summed E-state index contributed by atoms with van der Waals surface area (Å²) in [6, 6.07) is 24.5. The molecule has 0 fully saturated rings. The van der Waals surface area contributed by atoms with Crippen molar-refractivity contribution in [3.05, 3.63) is 89.5 Å². The fourth-order valence-electron chi connectivity index (χ4n) is 2.83. The van der Waals surface area contributed by atoms with Crippen molar-refractivity contribution in [1.29, 1.82) is 0 Å². The summed E-state index contributed by atoms with van der Waals surface area (Å²) < 4.78 is 3.81. The van der Waals surface area contributed by atoms with E-state index >= 15 is 0 Å². The Labute approximate surface area is 155 Å². The number of benzene rings is 3. The Bertz CT molecular complexity index is 735. The minimum atomic E-state index is -2.58. The van der Waals surface area contributed by atoms with Gasteiger partial charge in [0.1, 0.15) is 0 Å². The van der Waals surface area contributed by atoms with E-state index in [0.717, 1.165) is 16.7 Å². The molecule has 25 heavy (non-hydrogen) atoms. The van der Waals surface area contributed by atoms with E-state index < -0.39 is 21.8 Å². The molecule has 0 radical (unpaired) electrons. The molecule has 3 rings (SSSR count). The van der Waals surface area contributed by atoms with Gasteiger partial charge in [-0.05, 0) is 0 Å². The van der Waals surface area contributed by atoms with Gasteiger partial charge in [-0.25, -0.2) is 0 Å². The first-order valence-corrected chi connectivity index (χ1v) is 13.4. The fourth-order valence-corrected chi connectivity index (χ4v) is 12.5. The van der Waals surface area contributed by atoms with Gasteiger partial charge in [0.2, 0.25) is 0 Å². The summed E-state index contributed by atoms with van der Waals surface area (Å²) in [5.41, 5.74) is 2.73. The number of rotatable bonds is 6. The van der Waals surface area contributed by atoms with Crippen LogP contribution in [0.5, 0.6) is 0 Å². The summed E-state index contributed by atoms with van der Waals surface area (Å²) in [5, 5.41) is 28.5. The third-order valence-electron chi connectivity index (χ3n) is 4.05. The molecular weight excluding hydrogens is 509 g/mol. The molecule has 128 valence electrons. The third kappa shape index (κ3) is 4.34. The van der Waals surface area contributed by atoms with E-state index in [-0.39, 0.29) is 19.8 Å². The van der Waals surface area contributed by atoms with E-state index in [0.29, 0.717) is 0 Å². The van der Waals surface area contributed by atoms with Gasteiger partial charge < -0.3 is 0 Å². The molecule has 4 heteroatoms. The SMILES string of the molecule is OCc1ccc[c]([Bi]([c]2cccc(CO)c2)[c]2cccc(CO)c2)c1. The Kier molecular flexibility index (Phi) is 6.33. The van der Waals surface area contributed by atoms with Gasteiger partial charge in [0.05, 0.1) is 0 Å². The number of aliphatic hydroxyl groups excluding tert-OH is 3. The van der Waals surface area contributed by atoms with Gasteiger partial charge >= 0.3 is 156 Å². The van der Waals surface area contributed by atoms with Crippen LogP contribution in [0.1, 0.15) is 16.7 Å². The first kappa shape index (κ1) is 18.2. The molecule has 0 amide bonds. The quantitative estimate of drug-likeness (QED) is 0.411. The molecule has 0 unspecified atom stereocenters. The van der Waals surface area contributed by atoms with Crippen molar-refractivity contribution in [2.75, 3.05) is 0 Å². The molecular formula is C21H21BiO3. The molecule has 0 saturated carbocycles. The monoisotopic (exact) mass is 530 g/mol. The zero-order valence-electron chi connectivity index (χ0n) is 13.8. The summed E-state index contributed by atoms with van der Waals surface area (Å²) in [5.74, 6) is 0. The van der Waals surface area contributed by atoms with Crippen molar-refractivity contribution < 1.29 is 15.3 Å². The molecule has 0 aromatic heterocycles. The second-order valence-electron chi connectivity index (χ2n) is 5.82. The van der Waals surface area contributed by atoms with Crippen LogP contribution in [0, 0.1) is 0 Å². The summed E-state index contributed by atoms with van der Waals surface area (Å²) in [6.07, 6.45) is 0. The Morgan fingerprint density at radius 2 is 0.840 bits per heavy atom. The van der Waals surface area contributed by atoms with Crippen LogP contribution >= 0.6 is 0 Å². The van der Waals surface area contributed by atoms with Crippen LogP contribution in [-0.4, -0.2) is 37.1 Å². The van der Waals surface area contributed by atoms with Gasteiger partial charge in [-0.1, -0.05) is 0 Å². The molecule has 0 bridgehead atoms. The predicted molar refractivity (Wildman–Crippen MR) is 102 cm³/mol. The first-order chi connectivity index (χ1) is 12.2. The van der Waals surface area contributed by atoms with Gasteiger partial charge in [0.15, 0.2) is 0 Å². The molecule has 0 spiro atoms. The van der Waals surface area contributed by atoms with Crippen LogP contribution in [-0.2, 0) is 19.8 Å². The van der Waals surface area contributed by atoms with Gasteiger partial charge in [-0.15, -0.1) is 0 Å². The van der Waals surface area contributed by atoms with Crippen LogP contribution in [0.3, 0.4) is 0 Å². The zero-order chi connectivity index (χ0) is 17.6. The summed E-state index contributed by atoms with van der Waals surface area (Å²) in [4.78, 5) is 0. The van der Waals surface area contributed by atoms with E-state index in [1.54, 1.807) is 0 Å². The normalized spacial score (nSPS) is 11.0. The molecule has 0 heterocycles. The van der Waals surface area contributed by atoms with Crippen LogP contribution in [0.15, 0.2) is 72.8 Å². The molecule has 0 aliphatic carbocycles. The summed E-state index contributed by atoms with van der Waals surface area (Å²) in [7, 11) is 0. The molecule has 3 N–H and O–H groups in total. The maximum atomic E-state index is 9.51. The predicted octanol–water partition coefficient (Wildman–Crippen LogP) is 0.680. The van der Waals surface area contributed by atoms with Crippen molar-refractivity contribution in [2.45, 2.75) is 19.8 Å². The second kappa shape index (κ2) is 8.68. The molecule has 0 atom stereocenters. The number of aliphatic hydroxyl groups is 3. The third-order valence-corrected chi connectivity index (χ3v) is 13.3. The summed E-state index contributed by atoms with van der Waals surface area (Å²) >= 11 is -2.58. The van der Waals surface area contributed by atoms with Crippen molar-refractivity contribution in [1.82, 2.24) is 0 Å². The Balaban J connectivity index is 2.16. The fraction of sp³-hybridized carbons (Fsp3) is 0.143. The van der Waals surface area contributed by atoms with E-state index in [9.17, 15) is 15.3 Å². The Hall–Kier alpha value is -1.58. The Morgan fingerprint density at radius 3 is 1.12 bits per heavy atom. The maximum absolute atomic E-state index is 9.51. The van der Waals surface area contributed by atoms with E-state index in [1.807, 2.05) is 36.4 Å². The molecule has 3 aromatic carbocycles. The molecule has 0 aliphatic rings. The van der Waals surface area contributed by atoms with Gasteiger partial charge in [-0.2, -0.15) is 0 Å². The molecule has 0 aliphatic heterocycles. The molecule has 3 aromatic rings. The van der Waals surface area contributed by atoms with Crippen molar-refractivity contribution in [2.24, 2.45) is 0 Å². The van der Waals surface area contributed by atoms with Crippen molar-refractivity contribution in [3.63, 3.8) is 0 Å². The average molecular weight is 530 g/mol. The van der Waals surface area contributed by atoms with Crippen LogP contribution in [0.25, 0.3) is 0 Å². The zero-order valence-corrected chi connectivity index (χ0v) is 17.3. The second-order valence-corrected chi connectivity index (χ2v) is 14.4. The van der Waals surface area contributed by atoms with E-state index in [4.69, 9.17) is 0 Å². The minimum absolute atomic E-state index is 0.0266. The van der Waals surface area contributed by atoms with Crippen LogP contribution < -0.4 is 9.81 Å². The van der Waals surface area contributed by atoms with Gasteiger partial charge in [-0.3, -0.25) is 0 Å². The van der Waals surface area contributed by atoms with E-state index in [2.05, 4.69) is 36.4 Å². The summed E-state index contributed by atoms with van der Waals surface area (Å²) in [6.45, 7) is 0.0797. The molecule has 3 nitrogen and oxygen atoms in total. The first-order valence-electron chi connectivity index (χ1n) is 8.14. The number of hydrogen-bond acceptors (Lipinski definition) is 3. The van der Waals surface area contributed by atoms with E-state index in [1.165, 1.54) is 9.81 Å². The van der Waals surface area contributed by atoms with Crippen molar-refractivity contribution >= 4 is 31.6 Å². The van der Waals surface area contributed by atoms with Gasteiger partial charge in [0.25, 0.3) is 0 Å². The molecule has 0 saturated heterocycles. The van der Waals surface area contributed by atoms with Gasteiger partial charge in [0, 0.05) is 0 Å². The average Bonchev–Trinajstić information content (AvgIpc) is 2.68. The van der Waals surface area contributed by atoms with Crippen molar-refractivity contribution in [3.8, 4) is 0 Å². The Morgan fingerprint density at radius 1 is 0.520 bits per heavy atom.